The van der Waals surface area contributed by atoms with Crippen molar-refractivity contribution in [2.45, 2.75) is 215 Å². The minimum Gasteiger partial charge on any atom is -0.387 e. The number of guanidine groups is 7. The zero-order valence-corrected chi connectivity index (χ0v) is 53.5. The van der Waals surface area contributed by atoms with Gasteiger partial charge in [-0.2, -0.15) is 0 Å². The minimum atomic E-state index is -2.53. The maximum atomic E-state index is 12.5. The van der Waals surface area contributed by atoms with Gasteiger partial charge < -0.3 is 214 Å². The Hall–Kier alpha value is -6.49. The largest absolute Gasteiger partial charge is 0.387 e. The fourth-order valence-corrected chi connectivity index (χ4v) is 12.7. The number of hydrogen-bond acceptors (Lipinski definition) is 35. The van der Waals surface area contributed by atoms with Gasteiger partial charge in [0.15, 0.2) is 91.9 Å². The Morgan fingerprint density at radius 3 is 0.822 bits per heavy atom. The van der Waals surface area contributed by atoms with Crippen molar-refractivity contribution in [1.29, 1.82) is 37.9 Å². The van der Waals surface area contributed by atoms with E-state index in [9.17, 15) is 61.3 Å². The van der Waals surface area contributed by atoms with Gasteiger partial charge in [0.2, 0.25) is 5.79 Å². The summed E-state index contributed by atoms with van der Waals surface area (Å²) in [6.45, 7) is -0.656. The Balaban J connectivity index is 1.11. The molecule has 49 heteroatoms. The molecular formula is C52H93N21O28. The molecule has 21 rings (SSSR count). The second-order valence-electron chi connectivity index (χ2n) is 24.8. The lowest BCUT2D eigenvalue weighted by Crippen LogP contribution is -2.69. The smallest absolute Gasteiger partial charge is 0.228 e. The van der Waals surface area contributed by atoms with E-state index in [0.717, 1.165) is 0 Å². The molecule has 0 spiro atoms. The SMILES string of the molecule is C=CCOC1C2OC(CNC(=N)N)C(OC3OC(CNC(=N)N)C(OC4OC(CNC(=N)N)C(OC5OC(CNC(=N)N)C(OC6OC(CNC(=N)N)C(OC7OC(CNC(=N)N)C(OC8OC(CNC(=N)N)C(O2)C(O)C8O)C2(O)OC72)C(O)C6O)C(O)C5O)C(O)C4O)C(O)C3O)C1O. The molecular weight excluding hydrogens is 1370 g/mol. The van der Waals surface area contributed by atoms with Crippen molar-refractivity contribution in [3.8, 4) is 0 Å². The zero-order chi connectivity index (χ0) is 73.8. The van der Waals surface area contributed by atoms with E-state index in [1.165, 1.54) is 6.08 Å². The van der Waals surface area contributed by atoms with Crippen LogP contribution in [0.1, 0.15) is 0 Å². The highest BCUT2D eigenvalue weighted by molar-refractivity contribution is 5.76. The number of hydrogen-bond donors (Lipinski definition) is 33. The predicted molar refractivity (Wildman–Crippen MR) is 330 cm³/mol. The molecule has 21 heterocycles. The van der Waals surface area contributed by atoms with Crippen molar-refractivity contribution in [2.75, 3.05) is 52.4 Å². The molecule has 35 atom stereocenters. The quantitative estimate of drug-likeness (QED) is 0.0278. The van der Waals surface area contributed by atoms with Gasteiger partial charge in [-0.25, -0.2) is 0 Å². The first-order valence-corrected chi connectivity index (χ1v) is 31.5. The maximum Gasteiger partial charge on any atom is 0.228 e. The highest BCUT2D eigenvalue weighted by atomic mass is 16.8. The van der Waals surface area contributed by atoms with E-state index in [-0.39, 0.29) is 6.61 Å². The van der Waals surface area contributed by atoms with Crippen LogP contribution >= 0.6 is 0 Å². The fourth-order valence-electron chi connectivity index (χ4n) is 12.7. The van der Waals surface area contributed by atoms with E-state index in [4.69, 9.17) is 154 Å². The summed E-state index contributed by atoms with van der Waals surface area (Å²) in [5.74, 6) is -7.16. The summed E-state index contributed by atoms with van der Waals surface area (Å²) in [6.07, 6.45) is -64.5. The van der Waals surface area contributed by atoms with Gasteiger partial charge in [-0.05, 0) is 0 Å². The summed E-state index contributed by atoms with van der Waals surface area (Å²) >= 11 is 0. The molecule has 14 bridgehead atoms. The Morgan fingerprint density at radius 1 is 0.317 bits per heavy atom. The van der Waals surface area contributed by atoms with Crippen molar-refractivity contribution >= 4 is 41.7 Å². The predicted octanol–water partition coefficient (Wildman–Crippen LogP) is -17.2. The molecule has 21 saturated heterocycles. The van der Waals surface area contributed by atoms with Gasteiger partial charge in [0.05, 0.1) is 6.61 Å². The number of epoxide rings is 1. The average molecular weight is 1460 g/mol. The molecule has 0 aromatic heterocycles. The van der Waals surface area contributed by atoms with Gasteiger partial charge in [-0.3, -0.25) is 37.9 Å². The summed E-state index contributed by atoms with van der Waals surface area (Å²) < 4.78 is 98.7. The summed E-state index contributed by atoms with van der Waals surface area (Å²) in [4.78, 5) is 0. The number of aliphatic hydroxyl groups excluding tert-OH is 11. The molecule has 21 aliphatic rings. The Kier molecular flexibility index (Phi) is 26.1. The van der Waals surface area contributed by atoms with Crippen LogP contribution in [0.3, 0.4) is 0 Å². The highest BCUT2D eigenvalue weighted by Crippen LogP contribution is 2.50. The van der Waals surface area contributed by atoms with E-state index >= 15 is 0 Å². The van der Waals surface area contributed by atoms with Gasteiger partial charge in [-0.1, -0.05) is 6.08 Å². The fraction of sp³-hybridized carbons (Fsp3) is 0.827. The lowest BCUT2D eigenvalue weighted by molar-refractivity contribution is -0.393. The zero-order valence-electron chi connectivity index (χ0n) is 53.5. The van der Waals surface area contributed by atoms with Crippen LogP contribution in [0, 0.1) is 37.9 Å². The first-order chi connectivity index (χ1) is 47.7. The maximum absolute atomic E-state index is 12.5. The van der Waals surface area contributed by atoms with Crippen LogP contribution in [0.25, 0.3) is 0 Å². The second kappa shape index (κ2) is 33.5. The molecule has 0 aliphatic carbocycles. The summed E-state index contributed by atoms with van der Waals surface area (Å²) in [6, 6.07) is 0. The van der Waals surface area contributed by atoms with Crippen LogP contribution in [0.4, 0.5) is 0 Å². The number of ether oxygens (including phenoxy) is 16. The third kappa shape index (κ3) is 18.2. The highest BCUT2D eigenvalue weighted by Gasteiger charge is 2.73. The molecule has 49 nitrogen and oxygen atoms in total. The summed E-state index contributed by atoms with van der Waals surface area (Å²) in [7, 11) is 0. The van der Waals surface area contributed by atoms with Gasteiger partial charge in [0.1, 0.15) is 159 Å². The third-order valence-electron chi connectivity index (χ3n) is 17.7. The first-order valence-electron chi connectivity index (χ1n) is 31.5. The van der Waals surface area contributed by atoms with E-state index in [0.29, 0.717) is 0 Å². The summed E-state index contributed by atoms with van der Waals surface area (Å²) in [5, 5.41) is 218. The molecule has 0 radical (unpaired) electrons. The molecule has 40 N–H and O–H groups in total. The number of nitrogens with one attached hydrogen (secondary N) is 14. The van der Waals surface area contributed by atoms with Crippen molar-refractivity contribution < 1.29 is 137 Å². The van der Waals surface area contributed by atoms with Crippen LogP contribution in [0.2, 0.25) is 0 Å². The van der Waals surface area contributed by atoms with E-state index in [2.05, 4.69) is 43.8 Å². The third-order valence-corrected chi connectivity index (χ3v) is 17.7. The molecule has 21 fully saturated rings. The Bertz CT molecular complexity index is 2890. The van der Waals surface area contributed by atoms with Crippen LogP contribution in [0.15, 0.2) is 12.7 Å². The topological polar surface area (TPSA) is 827 Å². The van der Waals surface area contributed by atoms with E-state index in [1.54, 1.807) is 0 Å². The first kappa shape index (κ1) is 78.6. The monoisotopic (exact) mass is 1460 g/mol. The van der Waals surface area contributed by atoms with Gasteiger partial charge in [-0.15, -0.1) is 6.58 Å². The lowest BCUT2D eigenvalue weighted by Gasteiger charge is -2.50. The molecule has 0 aromatic carbocycles. The summed E-state index contributed by atoms with van der Waals surface area (Å²) in [5.41, 5.74) is 39.7. The minimum absolute atomic E-state index is 0.377. The molecule has 101 heavy (non-hydrogen) atoms. The number of nitrogens with two attached hydrogens (primary N) is 7. The molecule has 574 valence electrons. The van der Waals surface area contributed by atoms with Crippen molar-refractivity contribution in [3.05, 3.63) is 12.7 Å². The van der Waals surface area contributed by atoms with Gasteiger partial charge in [0, 0.05) is 45.8 Å². The Morgan fingerprint density at radius 2 is 0.545 bits per heavy atom. The number of aliphatic hydroxyl groups is 12. The van der Waals surface area contributed by atoms with Crippen LogP contribution in [-0.2, 0) is 75.8 Å². The molecule has 21 aliphatic heterocycles. The van der Waals surface area contributed by atoms with Crippen LogP contribution < -0.4 is 77.4 Å². The second-order valence-corrected chi connectivity index (χ2v) is 24.8. The Labute approximate surface area is 572 Å². The van der Waals surface area contributed by atoms with Crippen LogP contribution in [0.5, 0.6) is 0 Å². The molecule has 0 amide bonds. The van der Waals surface area contributed by atoms with Crippen LogP contribution in [-0.4, -0.2) is 370 Å². The van der Waals surface area contributed by atoms with Crippen molar-refractivity contribution in [1.82, 2.24) is 37.2 Å². The van der Waals surface area contributed by atoms with E-state index < -0.39 is 302 Å². The normalized spacial score (nSPS) is 45.4. The average Bonchev–Trinajstić information content (AvgIpc) is 1.55. The standard InChI is InChI=1S/C52H93N21O28/c1-2-3-86-35-28(84)34-16(9-72-50(63)64)92-43(35)98-32-14(7-70-48(59)60)91-42(27(83)22(32)78)100-36-17(10-73-51(65)66)93-44(37-52(36,85)101-37)99-33-15(8-71-49(61)62)90-40(26(82)21(33)77)96-30-12(5-68-46(55)56)88-38(24(80)19(30)75)94-29-11(4-67-45(53)54)87-39(23(79)18(29)74)95-31-13(6-69-47(57)58)89-41(97-34)25(81)20(31)76/h2,11-44,74-85H,1,3-10H2,(H4,53,54,67)(H4,55,56,68)(H4,57,58,69)(H4,59,60,70)(H4,61,62,71)(H4,63,64,72)(H4,65,66,73). The van der Waals surface area contributed by atoms with Crippen molar-refractivity contribution in [2.24, 2.45) is 40.1 Å². The molecule has 0 aromatic rings. The molecule has 0 saturated carbocycles. The van der Waals surface area contributed by atoms with Gasteiger partial charge in [0.25, 0.3) is 0 Å². The molecule has 35 unspecified atom stereocenters. The van der Waals surface area contributed by atoms with Crippen molar-refractivity contribution in [3.63, 3.8) is 0 Å². The number of rotatable bonds is 17. The lowest BCUT2D eigenvalue weighted by atomic mass is 9.94. The van der Waals surface area contributed by atoms with E-state index in [1.807, 2.05) is 0 Å². The van der Waals surface area contributed by atoms with Gasteiger partial charge >= 0.3 is 0 Å².